The molecule has 192 valence electrons. The smallest absolute Gasteiger partial charge is 0.219 e. The maximum absolute atomic E-state index is 12.0. The molecule has 0 saturated heterocycles. The van der Waals surface area contributed by atoms with Crippen molar-refractivity contribution in [1.29, 1.82) is 0 Å². The van der Waals surface area contributed by atoms with E-state index in [0.29, 0.717) is 42.1 Å². The van der Waals surface area contributed by atoms with Gasteiger partial charge < -0.3 is 20.9 Å². The number of terminal acetylenes is 1. The molecule has 1 fully saturated rings. The lowest BCUT2D eigenvalue weighted by molar-refractivity contribution is -0.121. The predicted molar refractivity (Wildman–Crippen MR) is 149 cm³/mol. The summed E-state index contributed by atoms with van der Waals surface area (Å²) in [7, 11) is 0. The molecule has 2 aromatic carbocycles. The van der Waals surface area contributed by atoms with Gasteiger partial charge in [-0.3, -0.25) is 4.79 Å². The summed E-state index contributed by atoms with van der Waals surface area (Å²) in [6.07, 6.45) is 8.64. The van der Waals surface area contributed by atoms with Crippen LogP contribution in [0.2, 0.25) is 0 Å². The third-order valence-corrected chi connectivity index (χ3v) is 7.70. The Kier molecular flexibility index (Phi) is 8.29. The summed E-state index contributed by atoms with van der Waals surface area (Å²) in [5.41, 5.74) is 9.56. The van der Waals surface area contributed by atoms with Gasteiger partial charge in [-0.15, -0.1) is 0 Å². The van der Waals surface area contributed by atoms with Crippen LogP contribution in [0.5, 0.6) is 0 Å². The number of aromatic nitrogens is 2. The van der Waals surface area contributed by atoms with Gasteiger partial charge in [-0.05, 0) is 29.4 Å². The molecule has 4 N–H and O–H groups in total. The van der Waals surface area contributed by atoms with E-state index in [1.165, 1.54) is 11.1 Å². The zero-order valence-electron chi connectivity index (χ0n) is 21.8. The van der Waals surface area contributed by atoms with Gasteiger partial charge in [0.1, 0.15) is 11.5 Å². The average molecular weight is 497 g/mol. The second-order valence-corrected chi connectivity index (χ2v) is 9.78. The summed E-state index contributed by atoms with van der Waals surface area (Å²) in [5, 5.41) is 6.60. The number of carbonyl (C=O) groups excluding carboxylic acids is 1. The fourth-order valence-electron chi connectivity index (χ4n) is 5.33. The Morgan fingerprint density at radius 2 is 1.76 bits per heavy atom. The molecule has 4 unspecified atom stereocenters. The molecule has 4 atom stereocenters. The van der Waals surface area contributed by atoms with E-state index in [2.05, 4.69) is 64.8 Å². The van der Waals surface area contributed by atoms with E-state index in [1.807, 2.05) is 47.9 Å². The molecule has 1 aromatic heterocycles. The minimum absolute atomic E-state index is 0.0722. The van der Waals surface area contributed by atoms with Crippen LogP contribution in [0, 0.1) is 24.3 Å². The Morgan fingerprint density at radius 3 is 2.32 bits per heavy atom. The summed E-state index contributed by atoms with van der Waals surface area (Å²) in [4.78, 5) is 20.9. The number of anilines is 1. The summed E-state index contributed by atoms with van der Waals surface area (Å²) in [6, 6.07) is 23.3. The Balaban J connectivity index is 1.56. The zero-order valence-corrected chi connectivity index (χ0v) is 21.8. The van der Waals surface area contributed by atoms with Crippen LogP contribution in [-0.4, -0.2) is 33.9 Å². The summed E-state index contributed by atoms with van der Waals surface area (Å²) in [6.45, 7) is 6.82. The Bertz CT molecular complexity index is 1220. The van der Waals surface area contributed by atoms with Gasteiger partial charge in [0.2, 0.25) is 5.91 Å². The Hall–Kier alpha value is -4.05. The fraction of sp³-hybridized carbons (Fsp3) is 0.367. The van der Waals surface area contributed by atoms with Gasteiger partial charge >= 0.3 is 0 Å². The second-order valence-electron chi connectivity index (χ2n) is 9.78. The molecule has 0 radical (unpaired) electrons. The average Bonchev–Trinajstić information content (AvgIpc) is 3.43. The monoisotopic (exact) mass is 496 g/mol. The summed E-state index contributed by atoms with van der Waals surface area (Å²) in [5.74, 6) is 1.79. The van der Waals surface area contributed by atoms with Crippen molar-refractivity contribution in [2.45, 2.75) is 51.6 Å². The lowest BCUT2D eigenvalue weighted by Gasteiger charge is -2.21. The van der Waals surface area contributed by atoms with Crippen LogP contribution < -0.4 is 16.4 Å². The quantitative estimate of drug-likeness (QED) is 0.246. The predicted octanol–water partition coefficient (Wildman–Crippen LogP) is 4.34. The Morgan fingerprint density at radius 1 is 1.14 bits per heavy atom. The van der Waals surface area contributed by atoms with Crippen molar-refractivity contribution in [3.63, 3.8) is 0 Å². The van der Waals surface area contributed by atoms with E-state index < -0.39 is 0 Å². The van der Waals surface area contributed by atoms with E-state index >= 15 is 0 Å². The number of imidazole rings is 1. The van der Waals surface area contributed by atoms with Crippen molar-refractivity contribution in [2.75, 3.05) is 12.3 Å². The molecular weight excluding hydrogens is 460 g/mol. The molecule has 1 heterocycles. The van der Waals surface area contributed by atoms with Gasteiger partial charge in [0.25, 0.3) is 0 Å². The number of amides is 1. The van der Waals surface area contributed by atoms with Crippen LogP contribution in [0.4, 0.5) is 5.82 Å². The molecule has 1 aliphatic carbocycles. The number of amidine groups is 1. The topological polar surface area (TPSA) is 97.3 Å². The highest BCUT2D eigenvalue weighted by Crippen LogP contribution is 2.41. The van der Waals surface area contributed by atoms with Gasteiger partial charge in [0.05, 0.1) is 6.33 Å². The molecule has 0 spiro atoms. The summed E-state index contributed by atoms with van der Waals surface area (Å²) < 4.78 is 2.01. The third-order valence-electron chi connectivity index (χ3n) is 7.70. The van der Waals surface area contributed by atoms with E-state index in [4.69, 9.17) is 12.2 Å². The van der Waals surface area contributed by atoms with E-state index in [9.17, 15) is 4.79 Å². The number of nitrogens with zero attached hydrogens (tertiary/aromatic N) is 3. The molecule has 4 rings (SSSR count). The highest BCUT2D eigenvalue weighted by Gasteiger charge is 2.40. The first-order valence-corrected chi connectivity index (χ1v) is 12.9. The van der Waals surface area contributed by atoms with Crippen LogP contribution in [0.3, 0.4) is 0 Å². The molecule has 7 nitrogen and oxygen atoms in total. The van der Waals surface area contributed by atoms with Gasteiger partial charge in [0, 0.05) is 37.0 Å². The second kappa shape index (κ2) is 11.8. The maximum Gasteiger partial charge on any atom is 0.219 e. The molecule has 1 aliphatic rings. The van der Waals surface area contributed by atoms with Crippen molar-refractivity contribution in [3.8, 4) is 12.5 Å². The third kappa shape index (κ3) is 5.69. The molecule has 0 bridgehead atoms. The number of aliphatic imine (C=N–C) groups is 1. The van der Waals surface area contributed by atoms with E-state index in [-0.39, 0.29) is 23.9 Å². The van der Waals surface area contributed by atoms with Gasteiger partial charge in [-0.2, -0.15) is 4.99 Å². The maximum atomic E-state index is 12.0. The van der Waals surface area contributed by atoms with Crippen LogP contribution in [0.1, 0.15) is 62.4 Å². The van der Waals surface area contributed by atoms with Crippen molar-refractivity contribution >= 4 is 17.6 Å². The molecule has 7 heteroatoms. The molecular formula is C30H36N6O. The van der Waals surface area contributed by atoms with Crippen LogP contribution in [0.15, 0.2) is 72.0 Å². The first kappa shape index (κ1) is 26.0. The molecule has 3 aromatic rings. The molecule has 1 saturated carbocycles. The molecule has 0 aliphatic heterocycles. The van der Waals surface area contributed by atoms with Crippen LogP contribution in [0.25, 0.3) is 0 Å². The highest BCUT2D eigenvalue weighted by atomic mass is 16.1. The van der Waals surface area contributed by atoms with Crippen molar-refractivity contribution in [2.24, 2.45) is 16.8 Å². The number of carbonyl (C=O) groups is 1. The van der Waals surface area contributed by atoms with E-state index in [0.717, 1.165) is 6.42 Å². The zero-order chi connectivity index (χ0) is 26.4. The normalized spacial score (nSPS) is 21.5. The number of benzene rings is 2. The fourth-order valence-corrected chi connectivity index (χ4v) is 5.33. The largest absolute Gasteiger partial charge is 0.383 e. The number of hydrogen-bond acceptors (Lipinski definition) is 4. The first-order chi connectivity index (χ1) is 17.9. The van der Waals surface area contributed by atoms with Gasteiger partial charge in [-0.1, -0.05) is 87.9 Å². The van der Waals surface area contributed by atoms with Crippen molar-refractivity contribution < 1.29 is 4.79 Å². The van der Waals surface area contributed by atoms with Crippen LogP contribution in [-0.2, 0) is 4.79 Å². The molecule has 37 heavy (non-hydrogen) atoms. The number of nitrogen functional groups attached to an aromatic ring is 1. The van der Waals surface area contributed by atoms with E-state index in [1.54, 1.807) is 6.33 Å². The highest BCUT2D eigenvalue weighted by molar-refractivity contribution is 6.01. The SMILES string of the molecule is C#CN=C(NCC(c1ccccc1)c1ccccc1)c1ncn(C2CC(NC(=O)CC)C(C)C2C)c1N. The number of nitrogens with one attached hydrogen (secondary N) is 2. The lowest BCUT2D eigenvalue weighted by Crippen LogP contribution is -2.36. The van der Waals surface area contributed by atoms with Gasteiger partial charge in [-0.25, -0.2) is 4.98 Å². The minimum atomic E-state index is 0.0722. The number of rotatable bonds is 8. The first-order valence-electron chi connectivity index (χ1n) is 12.9. The van der Waals surface area contributed by atoms with Crippen LogP contribution >= 0.6 is 0 Å². The lowest BCUT2D eigenvalue weighted by atomic mass is 9.91. The van der Waals surface area contributed by atoms with Crippen molar-refractivity contribution in [3.05, 3.63) is 83.8 Å². The number of hydrogen-bond donors (Lipinski definition) is 3. The van der Waals surface area contributed by atoms with Gasteiger partial charge in [0.15, 0.2) is 5.84 Å². The Labute approximate surface area is 219 Å². The summed E-state index contributed by atoms with van der Waals surface area (Å²) >= 11 is 0. The molecule has 1 amide bonds. The van der Waals surface area contributed by atoms with Crippen molar-refractivity contribution in [1.82, 2.24) is 20.2 Å². The number of nitrogens with two attached hydrogens (primary N) is 1. The minimum Gasteiger partial charge on any atom is -0.383 e. The standard InChI is InChI=1S/C30H36N6O/c1-5-27(37)35-25-17-26(21(4)20(25)3)36-19-34-28(29(36)31)30(32-6-2)33-18-24(22-13-9-7-10-14-22)23-15-11-8-12-16-23/h2,7-16,19-21,24-26H,5,17-18,31H2,1,3-4H3,(H,32,33)(H,35,37).